The molecule has 0 atom stereocenters. The summed E-state index contributed by atoms with van der Waals surface area (Å²) in [5, 5.41) is 9.38. The Morgan fingerprint density at radius 2 is 1.95 bits per heavy atom. The van der Waals surface area contributed by atoms with Gasteiger partial charge in [0.2, 0.25) is 0 Å². The summed E-state index contributed by atoms with van der Waals surface area (Å²) in [5.41, 5.74) is 0.502. The predicted molar refractivity (Wildman–Crippen MR) is 80.9 cm³/mol. The molecule has 1 aliphatic heterocycles. The van der Waals surface area contributed by atoms with E-state index in [0.717, 1.165) is 0 Å². The normalized spacial score (nSPS) is 16.4. The molecular weight excluding hydrogens is 270 g/mol. The summed E-state index contributed by atoms with van der Waals surface area (Å²) in [6, 6.07) is 3.53. The maximum absolute atomic E-state index is 12.6. The number of fused-ring (bicyclic) bond motifs is 1. The zero-order valence-electron chi connectivity index (χ0n) is 13.1. The average Bonchev–Trinajstić information content (AvgIpc) is 2.51. The van der Waals surface area contributed by atoms with Gasteiger partial charge < -0.3 is 19.5 Å². The molecule has 0 unspecified atom stereocenters. The lowest BCUT2D eigenvalue weighted by molar-refractivity contribution is -0.136. The maximum Gasteiger partial charge on any atom is 0.270 e. The fourth-order valence-electron chi connectivity index (χ4n) is 2.70. The van der Waals surface area contributed by atoms with E-state index in [1.807, 2.05) is 20.8 Å². The molecule has 1 aromatic rings. The van der Waals surface area contributed by atoms with E-state index in [4.69, 9.17) is 9.47 Å². The Balaban J connectivity index is 2.60. The van der Waals surface area contributed by atoms with Gasteiger partial charge in [-0.2, -0.15) is 0 Å². The first kappa shape index (κ1) is 15.6. The fraction of sp³-hybridized carbons (Fsp3) is 0.562. The van der Waals surface area contributed by atoms with Crippen molar-refractivity contribution >= 4 is 11.6 Å². The number of hydrogen-bond donors (Lipinski definition) is 1. The van der Waals surface area contributed by atoms with Gasteiger partial charge in [0.1, 0.15) is 0 Å². The van der Waals surface area contributed by atoms with Gasteiger partial charge in [-0.1, -0.05) is 13.8 Å². The van der Waals surface area contributed by atoms with Crippen molar-refractivity contribution < 1.29 is 19.4 Å². The van der Waals surface area contributed by atoms with Crippen LogP contribution in [0.3, 0.4) is 0 Å². The van der Waals surface area contributed by atoms with Crippen LogP contribution in [0.2, 0.25) is 0 Å². The molecule has 1 heterocycles. The number of hydrogen-bond acceptors (Lipinski definition) is 4. The van der Waals surface area contributed by atoms with Gasteiger partial charge in [-0.15, -0.1) is 0 Å². The zero-order chi connectivity index (χ0) is 15.6. The molecule has 1 aliphatic rings. The van der Waals surface area contributed by atoms with E-state index in [1.54, 1.807) is 24.1 Å². The molecule has 5 heteroatoms. The Kier molecular flexibility index (Phi) is 4.42. The third kappa shape index (κ3) is 2.46. The SMILES string of the molecule is CCOc1cc(CO)cc2c1OC(CC)(CC)C(=O)N2C. The van der Waals surface area contributed by atoms with Crippen molar-refractivity contribution in [2.45, 2.75) is 45.8 Å². The van der Waals surface area contributed by atoms with E-state index in [1.165, 1.54) is 0 Å². The lowest BCUT2D eigenvalue weighted by atomic mass is 9.92. The van der Waals surface area contributed by atoms with Crippen molar-refractivity contribution in [3.05, 3.63) is 17.7 Å². The van der Waals surface area contributed by atoms with Crippen molar-refractivity contribution in [2.75, 3.05) is 18.6 Å². The number of nitrogens with zero attached hydrogens (tertiary/aromatic N) is 1. The molecule has 21 heavy (non-hydrogen) atoms. The fourth-order valence-corrected chi connectivity index (χ4v) is 2.70. The zero-order valence-corrected chi connectivity index (χ0v) is 13.1. The second kappa shape index (κ2) is 5.93. The summed E-state index contributed by atoms with van der Waals surface area (Å²) < 4.78 is 11.7. The van der Waals surface area contributed by atoms with Crippen molar-refractivity contribution in [3.8, 4) is 11.5 Å². The summed E-state index contributed by atoms with van der Waals surface area (Å²) in [5.74, 6) is 1.10. The third-order valence-electron chi connectivity index (χ3n) is 4.07. The predicted octanol–water partition coefficient (Wildman–Crippen LogP) is 2.49. The molecule has 116 valence electrons. The van der Waals surface area contributed by atoms with Crippen LogP contribution < -0.4 is 14.4 Å². The number of amides is 1. The minimum Gasteiger partial charge on any atom is -0.490 e. The van der Waals surface area contributed by atoms with Gasteiger partial charge in [-0.05, 0) is 37.5 Å². The van der Waals surface area contributed by atoms with Gasteiger partial charge >= 0.3 is 0 Å². The topological polar surface area (TPSA) is 59.0 Å². The Hall–Kier alpha value is -1.75. The lowest BCUT2D eigenvalue weighted by Gasteiger charge is -2.41. The molecule has 5 nitrogen and oxygen atoms in total. The number of ether oxygens (including phenoxy) is 2. The van der Waals surface area contributed by atoms with Crippen LogP contribution in [0.4, 0.5) is 5.69 Å². The minimum absolute atomic E-state index is 0.0578. The number of aliphatic hydroxyl groups excluding tert-OH is 1. The highest BCUT2D eigenvalue weighted by atomic mass is 16.5. The molecule has 1 aromatic carbocycles. The van der Waals surface area contributed by atoms with Crippen molar-refractivity contribution in [1.29, 1.82) is 0 Å². The Bertz CT molecular complexity index is 537. The smallest absolute Gasteiger partial charge is 0.270 e. The van der Waals surface area contributed by atoms with Gasteiger partial charge in [0.25, 0.3) is 5.91 Å². The first-order chi connectivity index (χ1) is 10.0. The van der Waals surface area contributed by atoms with E-state index in [-0.39, 0.29) is 12.5 Å². The van der Waals surface area contributed by atoms with Crippen molar-refractivity contribution in [2.24, 2.45) is 0 Å². The number of likely N-dealkylation sites (N-methyl/N-ethyl adjacent to an activating group) is 1. The molecule has 1 N–H and O–H groups in total. The Morgan fingerprint density at radius 1 is 1.29 bits per heavy atom. The molecule has 0 fully saturated rings. The van der Waals surface area contributed by atoms with Crippen LogP contribution in [0.5, 0.6) is 11.5 Å². The molecule has 0 spiro atoms. The van der Waals surface area contributed by atoms with E-state index < -0.39 is 5.60 Å². The number of carbonyl (C=O) groups excluding carboxylic acids is 1. The maximum atomic E-state index is 12.6. The molecule has 0 bridgehead atoms. The Labute approximate surface area is 125 Å². The van der Waals surface area contributed by atoms with Crippen molar-refractivity contribution in [3.63, 3.8) is 0 Å². The monoisotopic (exact) mass is 293 g/mol. The highest BCUT2D eigenvalue weighted by Crippen LogP contribution is 2.46. The lowest BCUT2D eigenvalue weighted by Crippen LogP contribution is -2.54. The van der Waals surface area contributed by atoms with Crippen LogP contribution in [-0.2, 0) is 11.4 Å². The first-order valence-corrected chi connectivity index (χ1v) is 7.40. The van der Waals surface area contributed by atoms with Crippen LogP contribution in [-0.4, -0.2) is 30.3 Å². The molecule has 0 radical (unpaired) electrons. The summed E-state index contributed by atoms with van der Waals surface area (Å²) in [6.45, 7) is 6.17. The van der Waals surface area contributed by atoms with E-state index >= 15 is 0 Å². The van der Waals surface area contributed by atoms with Crippen LogP contribution in [0, 0.1) is 0 Å². The third-order valence-corrected chi connectivity index (χ3v) is 4.07. The largest absolute Gasteiger partial charge is 0.490 e. The molecule has 0 aromatic heterocycles. The van der Waals surface area contributed by atoms with Crippen molar-refractivity contribution in [1.82, 2.24) is 0 Å². The van der Waals surface area contributed by atoms with Gasteiger partial charge in [0.15, 0.2) is 17.1 Å². The quantitative estimate of drug-likeness (QED) is 0.906. The van der Waals surface area contributed by atoms with Crippen LogP contribution >= 0.6 is 0 Å². The van der Waals surface area contributed by atoms with Gasteiger partial charge in [-0.25, -0.2) is 0 Å². The average molecular weight is 293 g/mol. The minimum atomic E-state index is -0.839. The number of aliphatic hydroxyl groups is 1. The number of benzene rings is 1. The van der Waals surface area contributed by atoms with Gasteiger partial charge in [0, 0.05) is 7.05 Å². The Morgan fingerprint density at radius 3 is 2.48 bits per heavy atom. The first-order valence-electron chi connectivity index (χ1n) is 7.40. The number of anilines is 1. The van der Waals surface area contributed by atoms with E-state index in [0.29, 0.717) is 42.2 Å². The molecule has 0 aliphatic carbocycles. The standard InChI is InChI=1S/C16H23NO4/c1-5-16(6-2)15(19)17(4)12-8-11(10-18)9-13(20-7-3)14(12)21-16/h8-9,18H,5-7,10H2,1-4H3. The second-order valence-corrected chi connectivity index (χ2v) is 5.20. The highest BCUT2D eigenvalue weighted by molar-refractivity contribution is 6.03. The number of carbonyl (C=O) groups is 1. The number of rotatable bonds is 5. The second-order valence-electron chi connectivity index (χ2n) is 5.20. The summed E-state index contributed by atoms with van der Waals surface area (Å²) in [4.78, 5) is 14.2. The summed E-state index contributed by atoms with van der Waals surface area (Å²) in [7, 11) is 1.74. The van der Waals surface area contributed by atoms with Crippen LogP contribution in [0.15, 0.2) is 12.1 Å². The highest BCUT2D eigenvalue weighted by Gasteiger charge is 2.45. The molecular formula is C16H23NO4. The summed E-state index contributed by atoms with van der Waals surface area (Å²) in [6.07, 6.45) is 1.19. The van der Waals surface area contributed by atoms with Crippen LogP contribution in [0.25, 0.3) is 0 Å². The van der Waals surface area contributed by atoms with Crippen LogP contribution in [0.1, 0.15) is 39.2 Å². The molecule has 0 saturated heterocycles. The molecule has 1 amide bonds. The molecule has 2 rings (SSSR count). The van der Waals surface area contributed by atoms with E-state index in [2.05, 4.69) is 0 Å². The summed E-state index contributed by atoms with van der Waals surface area (Å²) >= 11 is 0. The van der Waals surface area contributed by atoms with E-state index in [9.17, 15) is 9.90 Å². The van der Waals surface area contributed by atoms with Gasteiger partial charge in [0.05, 0.1) is 18.9 Å². The molecule has 0 saturated carbocycles. The van der Waals surface area contributed by atoms with Gasteiger partial charge in [-0.3, -0.25) is 4.79 Å².